The van der Waals surface area contributed by atoms with Crippen molar-refractivity contribution in [3.05, 3.63) is 46.2 Å². The first-order valence-corrected chi connectivity index (χ1v) is 14.3. The average Bonchev–Trinajstić information content (AvgIpc) is 3.43. The van der Waals surface area contributed by atoms with E-state index in [1.807, 2.05) is 19.9 Å². The molecule has 0 saturated carbocycles. The van der Waals surface area contributed by atoms with Gasteiger partial charge in [0.15, 0.2) is 11.6 Å². The molecule has 1 saturated heterocycles. The lowest BCUT2D eigenvalue weighted by Gasteiger charge is -2.35. The zero-order valence-corrected chi connectivity index (χ0v) is 25.7. The summed E-state index contributed by atoms with van der Waals surface area (Å²) in [5.41, 5.74) is -0.462. The number of rotatable bonds is 7. The van der Waals surface area contributed by atoms with Crippen LogP contribution in [0.5, 0.6) is 11.5 Å². The van der Waals surface area contributed by atoms with Gasteiger partial charge in [-0.3, -0.25) is 4.90 Å². The van der Waals surface area contributed by atoms with Crippen LogP contribution in [-0.4, -0.2) is 57.9 Å². The van der Waals surface area contributed by atoms with Crippen LogP contribution in [0, 0.1) is 5.82 Å². The molecule has 1 amide bonds. The van der Waals surface area contributed by atoms with E-state index in [1.165, 1.54) is 28.4 Å². The Hall–Kier alpha value is -2.66. The maximum Gasteiger partial charge on any atom is 0.413 e. The van der Waals surface area contributed by atoms with Gasteiger partial charge in [-0.15, -0.1) is 10.2 Å². The summed E-state index contributed by atoms with van der Waals surface area (Å²) < 4.78 is 37.9. The summed E-state index contributed by atoms with van der Waals surface area (Å²) >= 11 is 14.1. The number of carbonyl (C=O) groups is 1. The number of amides is 1. The third-order valence-corrected chi connectivity index (χ3v) is 7.43. The maximum atomic E-state index is 15.2. The highest BCUT2D eigenvalue weighted by Gasteiger charge is 2.46. The molecular weight excluding hydrogens is 580 g/mol. The predicted molar refractivity (Wildman–Crippen MR) is 154 cm³/mol. The van der Waals surface area contributed by atoms with Crippen LogP contribution in [0.2, 0.25) is 10.0 Å². The second kappa shape index (κ2) is 11.7. The SMILES string of the molecule is CC(C)Oc1ccc(-c2nnc(-c3cc(F)c(OC[C@H]4COC(C)(C)N4C(=O)OC(C)(C)C)cc3Cl)s2)cc1Cl. The van der Waals surface area contributed by atoms with E-state index in [1.54, 1.807) is 46.8 Å². The summed E-state index contributed by atoms with van der Waals surface area (Å²) in [6, 6.07) is 7.52. The summed E-state index contributed by atoms with van der Waals surface area (Å²) in [7, 11) is 0. The molecule has 0 radical (unpaired) electrons. The molecule has 1 aliphatic rings. The van der Waals surface area contributed by atoms with E-state index in [0.29, 0.717) is 26.4 Å². The van der Waals surface area contributed by atoms with E-state index in [0.717, 1.165) is 5.56 Å². The summed E-state index contributed by atoms with van der Waals surface area (Å²) in [5.74, 6) is -0.107. The highest BCUT2D eigenvalue weighted by Crippen LogP contribution is 2.39. The standard InChI is InChI=1S/C28H32Cl2FN3O5S/c1-15(2)38-22-9-8-16(10-20(22)30)24-32-33-25(40-24)18-11-21(31)23(12-19(18)29)36-13-17-14-37-28(6,7)34(17)26(35)39-27(3,4)5/h8-12,15,17H,13-14H2,1-7H3/t17-/m0/s1. The summed E-state index contributed by atoms with van der Waals surface area (Å²) in [4.78, 5) is 14.3. The van der Waals surface area contributed by atoms with Crippen LogP contribution >= 0.6 is 34.5 Å². The van der Waals surface area contributed by atoms with Crippen LogP contribution in [0.25, 0.3) is 21.1 Å². The van der Waals surface area contributed by atoms with Crippen LogP contribution in [-0.2, 0) is 9.47 Å². The van der Waals surface area contributed by atoms with E-state index >= 15 is 4.39 Å². The fourth-order valence-electron chi connectivity index (χ4n) is 4.11. The van der Waals surface area contributed by atoms with E-state index in [2.05, 4.69) is 10.2 Å². The summed E-state index contributed by atoms with van der Waals surface area (Å²) in [6.07, 6.45) is -0.546. The fourth-order valence-corrected chi connectivity index (χ4v) is 5.50. The number of ether oxygens (including phenoxy) is 4. The highest BCUT2D eigenvalue weighted by atomic mass is 35.5. The number of halogens is 3. The lowest BCUT2D eigenvalue weighted by molar-refractivity contribution is -0.0637. The zero-order chi connectivity index (χ0) is 29.4. The van der Waals surface area contributed by atoms with Gasteiger partial charge in [-0.1, -0.05) is 34.5 Å². The van der Waals surface area contributed by atoms with E-state index in [4.69, 9.17) is 42.1 Å². The Kier molecular flexibility index (Phi) is 8.85. The molecule has 0 N–H and O–H groups in total. The van der Waals surface area contributed by atoms with Crippen molar-refractivity contribution in [2.75, 3.05) is 13.2 Å². The third kappa shape index (κ3) is 6.97. The topological polar surface area (TPSA) is 83.0 Å². The minimum Gasteiger partial charge on any atom is -0.489 e. The van der Waals surface area contributed by atoms with Crippen molar-refractivity contribution in [2.24, 2.45) is 0 Å². The minimum absolute atomic E-state index is 0.0114. The van der Waals surface area contributed by atoms with Gasteiger partial charge in [-0.05, 0) is 72.7 Å². The Balaban J connectivity index is 1.49. The Bertz CT molecular complexity index is 1390. The van der Waals surface area contributed by atoms with Crippen LogP contribution in [0.1, 0.15) is 48.5 Å². The Morgan fingerprint density at radius 1 is 1.15 bits per heavy atom. The Morgan fingerprint density at radius 3 is 2.50 bits per heavy atom. The molecule has 3 aromatic rings. The van der Waals surface area contributed by atoms with E-state index in [9.17, 15) is 4.79 Å². The molecule has 0 unspecified atom stereocenters. The number of benzene rings is 2. The molecule has 1 fully saturated rings. The van der Waals surface area contributed by atoms with Gasteiger partial charge in [0.1, 0.15) is 33.7 Å². The maximum absolute atomic E-state index is 15.2. The van der Waals surface area contributed by atoms with Gasteiger partial charge < -0.3 is 18.9 Å². The van der Waals surface area contributed by atoms with Gasteiger partial charge in [0.05, 0.1) is 28.8 Å². The molecule has 1 atom stereocenters. The van der Waals surface area contributed by atoms with Crippen molar-refractivity contribution in [1.82, 2.24) is 15.1 Å². The molecule has 0 aliphatic carbocycles. The Morgan fingerprint density at radius 2 is 1.85 bits per heavy atom. The highest BCUT2D eigenvalue weighted by molar-refractivity contribution is 7.18. The van der Waals surface area contributed by atoms with Gasteiger partial charge in [0, 0.05) is 17.2 Å². The molecule has 2 heterocycles. The second-order valence-corrected chi connectivity index (χ2v) is 12.9. The summed E-state index contributed by atoms with van der Waals surface area (Å²) in [5, 5.41) is 10.2. The molecular formula is C28H32Cl2FN3O5S. The molecule has 1 aliphatic heterocycles. The molecule has 2 aromatic carbocycles. The van der Waals surface area contributed by atoms with Crippen LogP contribution < -0.4 is 9.47 Å². The first-order valence-electron chi connectivity index (χ1n) is 12.7. The minimum atomic E-state index is -0.905. The van der Waals surface area contributed by atoms with Crippen molar-refractivity contribution in [3.63, 3.8) is 0 Å². The van der Waals surface area contributed by atoms with Crippen LogP contribution in [0.15, 0.2) is 30.3 Å². The fraction of sp³-hybridized carbons (Fsp3) is 0.464. The van der Waals surface area contributed by atoms with Gasteiger partial charge in [-0.2, -0.15) is 0 Å². The second-order valence-electron chi connectivity index (χ2n) is 11.1. The lowest BCUT2D eigenvalue weighted by Crippen LogP contribution is -2.51. The van der Waals surface area contributed by atoms with Crippen molar-refractivity contribution < 1.29 is 28.1 Å². The smallest absolute Gasteiger partial charge is 0.413 e. The van der Waals surface area contributed by atoms with Gasteiger partial charge in [0.2, 0.25) is 0 Å². The molecule has 216 valence electrons. The molecule has 0 bridgehead atoms. The average molecular weight is 613 g/mol. The molecule has 0 spiro atoms. The lowest BCUT2D eigenvalue weighted by atomic mass is 10.2. The van der Waals surface area contributed by atoms with Gasteiger partial charge in [0.25, 0.3) is 0 Å². The number of nitrogens with zero attached hydrogens (tertiary/aromatic N) is 3. The normalized spacial score (nSPS) is 16.9. The molecule has 4 rings (SSSR count). The molecule has 12 heteroatoms. The van der Waals surface area contributed by atoms with Crippen molar-refractivity contribution in [3.8, 4) is 32.6 Å². The number of hydrogen-bond donors (Lipinski definition) is 0. The molecule has 40 heavy (non-hydrogen) atoms. The zero-order valence-electron chi connectivity index (χ0n) is 23.4. The van der Waals surface area contributed by atoms with Crippen molar-refractivity contribution in [1.29, 1.82) is 0 Å². The number of carbonyl (C=O) groups excluding carboxylic acids is 1. The molecule has 1 aromatic heterocycles. The number of hydrogen-bond acceptors (Lipinski definition) is 8. The summed E-state index contributed by atoms with van der Waals surface area (Å²) in [6.45, 7) is 12.9. The Labute approximate surface area is 247 Å². The van der Waals surface area contributed by atoms with Gasteiger partial charge in [-0.25, -0.2) is 9.18 Å². The quantitative estimate of drug-likeness (QED) is 0.269. The van der Waals surface area contributed by atoms with Crippen molar-refractivity contribution in [2.45, 2.75) is 71.9 Å². The monoisotopic (exact) mass is 611 g/mol. The first kappa shape index (κ1) is 30.3. The third-order valence-electron chi connectivity index (χ3n) is 5.81. The van der Waals surface area contributed by atoms with Crippen LogP contribution in [0.3, 0.4) is 0 Å². The predicted octanol–water partition coefficient (Wildman–Crippen LogP) is 7.86. The molecule has 8 nitrogen and oxygen atoms in total. The van der Waals surface area contributed by atoms with E-state index in [-0.39, 0.29) is 30.1 Å². The first-order chi connectivity index (χ1) is 18.6. The van der Waals surface area contributed by atoms with Crippen molar-refractivity contribution >= 4 is 40.6 Å². The largest absolute Gasteiger partial charge is 0.489 e. The van der Waals surface area contributed by atoms with Gasteiger partial charge >= 0.3 is 6.09 Å². The number of aromatic nitrogens is 2. The van der Waals surface area contributed by atoms with Crippen LogP contribution in [0.4, 0.5) is 9.18 Å². The van der Waals surface area contributed by atoms with E-state index < -0.39 is 29.3 Å².